The molecule has 0 aliphatic rings. The van der Waals surface area contributed by atoms with Gasteiger partial charge in [0.1, 0.15) is 0 Å². The molecule has 0 aromatic carbocycles. The van der Waals surface area contributed by atoms with E-state index >= 15 is 0 Å². The smallest absolute Gasteiger partial charge is 0.330 e. The number of aliphatic hydroxyl groups excluding tert-OH is 1. The van der Waals surface area contributed by atoms with Gasteiger partial charge in [-0.3, -0.25) is 0 Å². The molecule has 0 aliphatic carbocycles. The van der Waals surface area contributed by atoms with Crippen LogP contribution in [-0.2, 0) is 9.53 Å². The molecule has 3 nitrogen and oxygen atoms in total. The SMILES string of the molecule is CCOC(=O)C=CCC[C@@H](O)CC. The van der Waals surface area contributed by atoms with Gasteiger partial charge in [-0.1, -0.05) is 13.0 Å². The van der Waals surface area contributed by atoms with Gasteiger partial charge in [0.2, 0.25) is 0 Å². The van der Waals surface area contributed by atoms with Crippen LogP contribution >= 0.6 is 0 Å². The molecule has 1 atom stereocenters. The predicted molar refractivity (Wildman–Crippen MR) is 51.3 cm³/mol. The van der Waals surface area contributed by atoms with Crippen molar-refractivity contribution in [3.63, 3.8) is 0 Å². The van der Waals surface area contributed by atoms with Crippen molar-refractivity contribution in [2.45, 2.75) is 39.2 Å². The van der Waals surface area contributed by atoms with Crippen LogP contribution in [0.15, 0.2) is 12.2 Å². The molecule has 0 amide bonds. The first-order chi connectivity index (χ1) is 6.20. The van der Waals surface area contributed by atoms with Crippen molar-refractivity contribution < 1.29 is 14.6 Å². The molecule has 0 aliphatic heterocycles. The van der Waals surface area contributed by atoms with Gasteiger partial charge < -0.3 is 9.84 Å². The molecule has 0 unspecified atom stereocenters. The second-order valence-corrected chi connectivity index (χ2v) is 2.79. The zero-order valence-electron chi connectivity index (χ0n) is 8.32. The topological polar surface area (TPSA) is 46.5 Å². The summed E-state index contributed by atoms with van der Waals surface area (Å²) in [6, 6.07) is 0. The second kappa shape index (κ2) is 7.80. The van der Waals surface area contributed by atoms with Crippen LogP contribution < -0.4 is 0 Å². The Morgan fingerprint density at radius 2 is 2.23 bits per heavy atom. The van der Waals surface area contributed by atoms with E-state index in [0.29, 0.717) is 19.4 Å². The average Bonchev–Trinajstić information content (AvgIpc) is 2.12. The molecule has 0 radical (unpaired) electrons. The van der Waals surface area contributed by atoms with E-state index in [1.54, 1.807) is 13.0 Å². The number of ether oxygens (including phenoxy) is 1. The van der Waals surface area contributed by atoms with Crippen molar-refractivity contribution in [1.29, 1.82) is 0 Å². The minimum absolute atomic E-state index is 0.258. The van der Waals surface area contributed by atoms with Crippen LogP contribution in [0.3, 0.4) is 0 Å². The van der Waals surface area contributed by atoms with Gasteiger partial charge in [0, 0.05) is 6.08 Å². The Kier molecular flexibility index (Phi) is 7.30. The van der Waals surface area contributed by atoms with E-state index < -0.39 is 0 Å². The number of hydrogen-bond acceptors (Lipinski definition) is 3. The fourth-order valence-corrected chi connectivity index (χ4v) is 0.863. The zero-order chi connectivity index (χ0) is 10.1. The fraction of sp³-hybridized carbons (Fsp3) is 0.700. The maximum Gasteiger partial charge on any atom is 0.330 e. The van der Waals surface area contributed by atoms with Crippen molar-refractivity contribution >= 4 is 5.97 Å². The Bertz CT molecular complexity index is 164. The fourth-order valence-electron chi connectivity index (χ4n) is 0.863. The highest BCUT2D eigenvalue weighted by Crippen LogP contribution is 2.01. The molecule has 0 spiro atoms. The van der Waals surface area contributed by atoms with Gasteiger partial charge in [0.25, 0.3) is 0 Å². The third-order valence-corrected chi connectivity index (χ3v) is 1.68. The van der Waals surface area contributed by atoms with Crippen molar-refractivity contribution in [1.82, 2.24) is 0 Å². The molecule has 3 heteroatoms. The average molecular weight is 186 g/mol. The molecule has 0 aromatic heterocycles. The van der Waals surface area contributed by atoms with Crippen LogP contribution in [0.4, 0.5) is 0 Å². The summed E-state index contributed by atoms with van der Waals surface area (Å²) in [7, 11) is 0. The third-order valence-electron chi connectivity index (χ3n) is 1.68. The molecule has 0 aromatic rings. The number of hydrogen-bond donors (Lipinski definition) is 1. The Labute approximate surface area is 79.4 Å². The molecule has 13 heavy (non-hydrogen) atoms. The van der Waals surface area contributed by atoms with Gasteiger partial charge >= 0.3 is 5.97 Å². The Hall–Kier alpha value is -0.830. The lowest BCUT2D eigenvalue weighted by molar-refractivity contribution is -0.137. The van der Waals surface area contributed by atoms with Crippen LogP contribution in [0.2, 0.25) is 0 Å². The first-order valence-electron chi connectivity index (χ1n) is 4.72. The third kappa shape index (κ3) is 7.53. The van der Waals surface area contributed by atoms with Crippen molar-refractivity contribution in [2.75, 3.05) is 6.61 Å². The van der Waals surface area contributed by atoms with Crippen LogP contribution in [0.25, 0.3) is 0 Å². The van der Waals surface area contributed by atoms with E-state index in [-0.39, 0.29) is 12.1 Å². The largest absolute Gasteiger partial charge is 0.463 e. The summed E-state index contributed by atoms with van der Waals surface area (Å²) < 4.78 is 4.69. The number of aliphatic hydroxyl groups is 1. The summed E-state index contributed by atoms with van der Waals surface area (Å²) in [6.45, 7) is 4.10. The highest BCUT2D eigenvalue weighted by Gasteiger charge is 1.98. The lowest BCUT2D eigenvalue weighted by atomic mass is 10.1. The monoisotopic (exact) mass is 186 g/mol. The van der Waals surface area contributed by atoms with E-state index in [0.717, 1.165) is 6.42 Å². The highest BCUT2D eigenvalue weighted by molar-refractivity contribution is 5.81. The number of rotatable bonds is 6. The zero-order valence-corrected chi connectivity index (χ0v) is 8.32. The highest BCUT2D eigenvalue weighted by atomic mass is 16.5. The summed E-state index contributed by atoms with van der Waals surface area (Å²) in [4.78, 5) is 10.8. The summed E-state index contributed by atoms with van der Waals surface area (Å²) in [5, 5.41) is 9.18. The van der Waals surface area contributed by atoms with Gasteiger partial charge in [-0.05, 0) is 26.2 Å². The van der Waals surface area contributed by atoms with E-state index in [2.05, 4.69) is 4.74 Å². The van der Waals surface area contributed by atoms with E-state index in [4.69, 9.17) is 0 Å². The van der Waals surface area contributed by atoms with Crippen LogP contribution in [0.5, 0.6) is 0 Å². The van der Waals surface area contributed by atoms with Gasteiger partial charge in [0.05, 0.1) is 12.7 Å². The van der Waals surface area contributed by atoms with Crippen molar-refractivity contribution in [2.24, 2.45) is 0 Å². The van der Waals surface area contributed by atoms with E-state index in [1.807, 2.05) is 6.92 Å². The van der Waals surface area contributed by atoms with Gasteiger partial charge in [-0.2, -0.15) is 0 Å². The van der Waals surface area contributed by atoms with Crippen molar-refractivity contribution in [3.05, 3.63) is 12.2 Å². The van der Waals surface area contributed by atoms with Gasteiger partial charge in [0.15, 0.2) is 0 Å². The number of esters is 1. The summed E-state index contributed by atoms with van der Waals surface area (Å²) in [5.41, 5.74) is 0. The second-order valence-electron chi connectivity index (χ2n) is 2.79. The molecule has 0 saturated heterocycles. The molecular weight excluding hydrogens is 168 g/mol. The summed E-state index contributed by atoms with van der Waals surface area (Å²) in [6.07, 6.45) is 5.06. The summed E-state index contributed by atoms with van der Waals surface area (Å²) in [5.74, 6) is -0.312. The number of allylic oxidation sites excluding steroid dienone is 1. The van der Waals surface area contributed by atoms with Gasteiger partial charge in [-0.15, -0.1) is 0 Å². The predicted octanol–water partition coefficient (Wildman–Crippen LogP) is 1.66. The number of carbonyl (C=O) groups is 1. The first-order valence-corrected chi connectivity index (χ1v) is 4.72. The lowest BCUT2D eigenvalue weighted by Gasteiger charge is -2.03. The Morgan fingerprint density at radius 3 is 2.77 bits per heavy atom. The molecule has 0 fully saturated rings. The Balaban J connectivity index is 3.46. The molecule has 0 bridgehead atoms. The quantitative estimate of drug-likeness (QED) is 0.507. The van der Waals surface area contributed by atoms with E-state index in [1.165, 1.54) is 6.08 Å². The maximum absolute atomic E-state index is 10.8. The first kappa shape index (κ1) is 12.2. The standard InChI is InChI=1S/C10H18O3/c1-3-9(11)7-5-6-8-10(12)13-4-2/h6,8-9,11H,3-5,7H2,1-2H3/t9-/m0/s1. The number of carbonyl (C=O) groups excluding carboxylic acids is 1. The lowest BCUT2D eigenvalue weighted by Crippen LogP contribution is -2.03. The van der Waals surface area contributed by atoms with Gasteiger partial charge in [-0.25, -0.2) is 4.79 Å². The molecule has 0 rings (SSSR count). The Morgan fingerprint density at radius 1 is 1.54 bits per heavy atom. The molecular formula is C10H18O3. The van der Waals surface area contributed by atoms with E-state index in [9.17, 15) is 9.90 Å². The van der Waals surface area contributed by atoms with Crippen LogP contribution in [0.1, 0.15) is 33.1 Å². The van der Waals surface area contributed by atoms with Crippen LogP contribution in [0, 0.1) is 0 Å². The maximum atomic E-state index is 10.8. The minimum Gasteiger partial charge on any atom is -0.463 e. The molecule has 76 valence electrons. The summed E-state index contributed by atoms with van der Waals surface area (Å²) >= 11 is 0. The molecule has 0 saturated carbocycles. The molecule has 0 heterocycles. The van der Waals surface area contributed by atoms with Crippen molar-refractivity contribution in [3.8, 4) is 0 Å². The van der Waals surface area contributed by atoms with Crippen LogP contribution in [-0.4, -0.2) is 23.8 Å². The molecule has 1 N–H and O–H groups in total. The normalized spacial score (nSPS) is 13.2. The minimum atomic E-state index is -0.312.